The minimum atomic E-state index is -1.93. The first kappa shape index (κ1) is 22.5. The van der Waals surface area contributed by atoms with Gasteiger partial charge in [0.1, 0.15) is 14.2 Å². The van der Waals surface area contributed by atoms with Gasteiger partial charge in [-0.3, -0.25) is 0 Å². The summed E-state index contributed by atoms with van der Waals surface area (Å²) < 4.78 is 11.8. The van der Waals surface area contributed by atoms with E-state index in [0.717, 1.165) is 18.1 Å². The lowest BCUT2D eigenvalue weighted by Crippen LogP contribution is -2.45. The van der Waals surface area contributed by atoms with Crippen molar-refractivity contribution >= 4 is 16.4 Å². The van der Waals surface area contributed by atoms with Gasteiger partial charge in [0.2, 0.25) is 0 Å². The molecular formula is C20H36O3Si2. The van der Waals surface area contributed by atoms with Crippen molar-refractivity contribution in [1.29, 1.82) is 0 Å². The van der Waals surface area contributed by atoms with Gasteiger partial charge < -0.3 is 14.3 Å². The van der Waals surface area contributed by atoms with Crippen LogP contribution in [0.5, 0.6) is 0 Å². The third-order valence-electron chi connectivity index (χ3n) is 6.27. The summed E-state index contributed by atoms with van der Waals surface area (Å²) in [5.74, 6) is 5.89. The average Bonchev–Trinajstić information content (AvgIpc) is 3.28. The molecule has 3 nitrogen and oxygen atoms in total. The second kappa shape index (κ2) is 7.98. The van der Waals surface area contributed by atoms with Crippen molar-refractivity contribution in [3.63, 3.8) is 0 Å². The Labute approximate surface area is 157 Å². The number of hydrogen-bond donors (Lipinski definition) is 1. The maximum Gasteiger partial charge on any atom is 0.195 e. The molecule has 0 aromatic carbocycles. The molecule has 0 amide bonds. The van der Waals surface area contributed by atoms with E-state index >= 15 is 0 Å². The highest BCUT2D eigenvalue weighted by atomic mass is 28.4. The van der Waals surface area contributed by atoms with Gasteiger partial charge in [0, 0.05) is 0 Å². The number of aliphatic hydroxyl groups excluding tert-OH is 1. The zero-order valence-electron chi connectivity index (χ0n) is 17.3. The van der Waals surface area contributed by atoms with Crippen LogP contribution in [0.1, 0.15) is 41.5 Å². The maximum atomic E-state index is 10.6. The van der Waals surface area contributed by atoms with Crippen LogP contribution < -0.4 is 0 Å². The molecule has 1 heterocycles. The van der Waals surface area contributed by atoms with E-state index in [1.807, 2.05) is 0 Å². The molecule has 0 saturated carbocycles. The fraction of sp³-hybridized carbons (Fsp3) is 0.800. The molecule has 1 fully saturated rings. The molecule has 0 aliphatic carbocycles. The standard InChI is InChI=1S/C20H36O3Si2/c1-10-20(17(21)16-22-24(8,9)19(5,6)7)18(23-20)14-15-25(11-2,12-3)13-4/h1,17-18,21H,11-13,16H2,2-9H3/t17-,18-,20-/m1/s1. The van der Waals surface area contributed by atoms with Crippen LogP contribution in [-0.4, -0.2) is 45.9 Å². The molecule has 1 aliphatic heterocycles. The van der Waals surface area contributed by atoms with Crippen molar-refractivity contribution in [2.24, 2.45) is 0 Å². The van der Waals surface area contributed by atoms with Gasteiger partial charge in [-0.2, -0.15) is 0 Å². The third kappa shape index (κ3) is 4.78. The first-order valence-electron chi connectivity index (χ1n) is 9.44. The van der Waals surface area contributed by atoms with Crippen LogP contribution in [0.25, 0.3) is 0 Å². The summed E-state index contributed by atoms with van der Waals surface area (Å²) in [6, 6.07) is 3.42. The highest BCUT2D eigenvalue weighted by Crippen LogP contribution is 2.41. The Balaban J connectivity index is 2.80. The molecule has 1 N–H and O–H groups in total. The molecule has 1 saturated heterocycles. The van der Waals surface area contributed by atoms with Gasteiger partial charge in [0.15, 0.2) is 20.0 Å². The molecule has 3 atom stereocenters. The Morgan fingerprint density at radius 2 is 1.72 bits per heavy atom. The number of ether oxygens (including phenoxy) is 1. The lowest BCUT2D eigenvalue weighted by atomic mass is 10.0. The lowest BCUT2D eigenvalue weighted by molar-refractivity contribution is 0.0525. The summed E-state index contributed by atoms with van der Waals surface area (Å²) >= 11 is 0. The van der Waals surface area contributed by atoms with Crippen LogP contribution in [0.3, 0.4) is 0 Å². The van der Waals surface area contributed by atoms with E-state index in [2.05, 4.69) is 72.0 Å². The first-order chi connectivity index (χ1) is 11.4. The molecule has 25 heavy (non-hydrogen) atoms. The van der Waals surface area contributed by atoms with Gasteiger partial charge in [-0.25, -0.2) is 0 Å². The number of epoxide rings is 1. The smallest absolute Gasteiger partial charge is 0.195 e. The average molecular weight is 381 g/mol. The van der Waals surface area contributed by atoms with E-state index in [4.69, 9.17) is 15.6 Å². The van der Waals surface area contributed by atoms with E-state index < -0.39 is 28.1 Å². The fourth-order valence-electron chi connectivity index (χ4n) is 2.62. The van der Waals surface area contributed by atoms with Crippen molar-refractivity contribution in [3.05, 3.63) is 0 Å². The first-order valence-corrected chi connectivity index (χ1v) is 15.0. The van der Waals surface area contributed by atoms with E-state index in [1.54, 1.807) is 0 Å². The molecule has 1 rings (SSSR count). The monoisotopic (exact) mass is 380 g/mol. The largest absolute Gasteiger partial charge is 0.414 e. The fourth-order valence-corrected chi connectivity index (χ4v) is 6.09. The van der Waals surface area contributed by atoms with Crippen LogP contribution in [0.2, 0.25) is 36.3 Å². The molecule has 0 bridgehead atoms. The Bertz CT molecular complexity index is 550. The number of rotatable bonds is 7. The molecule has 0 unspecified atom stereocenters. The normalized spacial score (nSPS) is 24.9. The highest BCUT2D eigenvalue weighted by Gasteiger charge is 2.60. The second-order valence-electron chi connectivity index (χ2n) is 8.63. The van der Waals surface area contributed by atoms with Gasteiger partial charge in [0.25, 0.3) is 0 Å². The minimum Gasteiger partial charge on any atom is -0.414 e. The molecule has 0 spiro atoms. The Morgan fingerprint density at radius 1 is 1.20 bits per heavy atom. The van der Waals surface area contributed by atoms with Gasteiger partial charge in [-0.05, 0) is 36.3 Å². The highest BCUT2D eigenvalue weighted by molar-refractivity contribution is 6.87. The van der Waals surface area contributed by atoms with E-state index in [9.17, 15) is 5.11 Å². The van der Waals surface area contributed by atoms with E-state index in [1.165, 1.54) is 0 Å². The molecule has 0 aromatic heterocycles. The molecule has 0 aromatic rings. The van der Waals surface area contributed by atoms with Crippen LogP contribution in [-0.2, 0) is 9.16 Å². The molecule has 0 radical (unpaired) electrons. The minimum absolute atomic E-state index is 0.0915. The molecule has 5 heteroatoms. The summed E-state index contributed by atoms with van der Waals surface area (Å²) in [5.41, 5.74) is 2.51. The van der Waals surface area contributed by atoms with Crippen LogP contribution in [0, 0.1) is 23.8 Å². The third-order valence-corrected chi connectivity index (χ3v) is 15.5. The van der Waals surface area contributed by atoms with Crippen molar-refractivity contribution < 1.29 is 14.3 Å². The van der Waals surface area contributed by atoms with Crippen LogP contribution in [0.15, 0.2) is 0 Å². The number of terminal acetylenes is 1. The van der Waals surface area contributed by atoms with Crippen molar-refractivity contribution in [2.75, 3.05) is 6.61 Å². The molecule has 142 valence electrons. The maximum absolute atomic E-state index is 10.6. The number of hydrogen-bond acceptors (Lipinski definition) is 3. The SMILES string of the molecule is C#C[C@]1([C@H](O)CO[Si](C)(C)C(C)(C)C)O[C@@H]1C#C[Si](CC)(CC)CC. The topological polar surface area (TPSA) is 42.0 Å². The summed E-state index contributed by atoms with van der Waals surface area (Å²) in [6.07, 6.45) is 4.48. The van der Waals surface area contributed by atoms with Crippen molar-refractivity contribution in [2.45, 2.75) is 95.6 Å². The second-order valence-corrected chi connectivity index (χ2v) is 18.4. The van der Waals surface area contributed by atoms with Gasteiger partial charge in [-0.1, -0.05) is 53.4 Å². The molecule has 1 aliphatic rings. The Morgan fingerprint density at radius 3 is 2.12 bits per heavy atom. The lowest BCUT2D eigenvalue weighted by Gasteiger charge is -2.37. The van der Waals surface area contributed by atoms with Crippen molar-refractivity contribution in [1.82, 2.24) is 0 Å². The zero-order chi connectivity index (χ0) is 19.5. The summed E-state index contributed by atoms with van der Waals surface area (Å²) in [7, 11) is -3.47. The van der Waals surface area contributed by atoms with Crippen molar-refractivity contribution in [3.8, 4) is 23.8 Å². The Kier molecular flexibility index (Phi) is 7.18. The summed E-state index contributed by atoms with van der Waals surface area (Å²) in [4.78, 5) is 0. The van der Waals surface area contributed by atoms with E-state index in [0.29, 0.717) is 0 Å². The van der Waals surface area contributed by atoms with Crippen LogP contribution >= 0.6 is 0 Å². The van der Waals surface area contributed by atoms with Gasteiger partial charge in [0.05, 0.1) is 6.61 Å². The number of aliphatic hydroxyl groups is 1. The summed E-state index contributed by atoms with van der Waals surface area (Å²) in [5, 5.41) is 10.7. The van der Waals surface area contributed by atoms with E-state index in [-0.39, 0.29) is 17.7 Å². The Hall–Kier alpha value is -0.566. The van der Waals surface area contributed by atoms with Gasteiger partial charge in [-0.15, -0.1) is 12.0 Å². The predicted octanol–water partition coefficient (Wildman–Crippen LogP) is 4.19. The predicted molar refractivity (Wildman–Crippen MR) is 111 cm³/mol. The van der Waals surface area contributed by atoms with Gasteiger partial charge >= 0.3 is 0 Å². The summed E-state index contributed by atoms with van der Waals surface area (Å²) in [6.45, 7) is 17.7. The molecular weight excluding hydrogens is 344 g/mol. The van der Waals surface area contributed by atoms with Crippen LogP contribution in [0.4, 0.5) is 0 Å². The zero-order valence-corrected chi connectivity index (χ0v) is 19.3. The quantitative estimate of drug-likeness (QED) is 0.409.